The van der Waals surface area contributed by atoms with Crippen molar-refractivity contribution in [2.75, 3.05) is 5.73 Å². The maximum absolute atomic E-state index is 5.73. The van der Waals surface area contributed by atoms with E-state index in [2.05, 4.69) is 33.3 Å². The highest BCUT2D eigenvalue weighted by Gasteiger charge is 2.07. The molecule has 0 atom stereocenters. The SMILES string of the molecule is CC/C=C/Cn1nnc2ncnc(N)c21. The number of hydrogen-bond donors (Lipinski definition) is 1. The van der Waals surface area contributed by atoms with Crippen LogP contribution in [0.1, 0.15) is 13.3 Å². The van der Waals surface area contributed by atoms with Gasteiger partial charge in [-0.3, -0.25) is 0 Å². The van der Waals surface area contributed by atoms with E-state index < -0.39 is 0 Å². The predicted molar refractivity (Wildman–Crippen MR) is 57.0 cm³/mol. The van der Waals surface area contributed by atoms with Gasteiger partial charge in [-0.25, -0.2) is 14.6 Å². The highest BCUT2D eigenvalue weighted by atomic mass is 15.4. The van der Waals surface area contributed by atoms with Gasteiger partial charge in [-0.15, -0.1) is 5.10 Å². The Kier molecular flexibility index (Phi) is 2.57. The summed E-state index contributed by atoms with van der Waals surface area (Å²) in [6, 6.07) is 0. The van der Waals surface area contributed by atoms with Crippen molar-refractivity contribution in [3.63, 3.8) is 0 Å². The lowest BCUT2D eigenvalue weighted by molar-refractivity contribution is 0.681. The maximum atomic E-state index is 5.73. The molecule has 15 heavy (non-hydrogen) atoms. The van der Waals surface area contributed by atoms with Crippen molar-refractivity contribution >= 4 is 17.0 Å². The summed E-state index contributed by atoms with van der Waals surface area (Å²) in [7, 11) is 0. The van der Waals surface area contributed by atoms with Gasteiger partial charge in [0, 0.05) is 0 Å². The van der Waals surface area contributed by atoms with E-state index in [1.54, 1.807) is 4.68 Å². The van der Waals surface area contributed by atoms with Gasteiger partial charge < -0.3 is 5.73 Å². The second-order valence-electron chi connectivity index (χ2n) is 3.08. The Balaban J connectivity index is 2.39. The van der Waals surface area contributed by atoms with Crippen molar-refractivity contribution in [3.05, 3.63) is 18.5 Å². The van der Waals surface area contributed by atoms with Crippen LogP contribution in [0.4, 0.5) is 5.82 Å². The van der Waals surface area contributed by atoms with E-state index >= 15 is 0 Å². The first kappa shape index (κ1) is 9.57. The number of rotatable bonds is 3. The normalized spacial score (nSPS) is 11.5. The Labute approximate surface area is 86.8 Å². The Morgan fingerprint density at radius 2 is 2.27 bits per heavy atom. The quantitative estimate of drug-likeness (QED) is 0.746. The summed E-state index contributed by atoms with van der Waals surface area (Å²) in [6.07, 6.45) is 6.46. The number of nitrogens with two attached hydrogens (primary N) is 1. The lowest BCUT2D eigenvalue weighted by Gasteiger charge is -1.98. The third kappa shape index (κ3) is 1.78. The number of nitrogen functional groups attached to an aromatic ring is 1. The first-order chi connectivity index (χ1) is 7.33. The van der Waals surface area contributed by atoms with E-state index in [1.165, 1.54) is 6.33 Å². The van der Waals surface area contributed by atoms with Crippen LogP contribution in [0.3, 0.4) is 0 Å². The van der Waals surface area contributed by atoms with E-state index in [-0.39, 0.29) is 0 Å². The van der Waals surface area contributed by atoms with Crippen molar-refractivity contribution < 1.29 is 0 Å². The van der Waals surface area contributed by atoms with Crippen molar-refractivity contribution in [1.82, 2.24) is 25.0 Å². The molecule has 0 radical (unpaired) electrons. The van der Waals surface area contributed by atoms with E-state index in [1.807, 2.05) is 6.08 Å². The molecule has 0 bridgehead atoms. The van der Waals surface area contributed by atoms with Crippen molar-refractivity contribution in [1.29, 1.82) is 0 Å². The highest BCUT2D eigenvalue weighted by molar-refractivity contribution is 5.80. The average Bonchev–Trinajstić information content (AvgIpc) is 2.63. The molecular formula is C9H12N6. The monoisotopic (exact) mass is 204 g/mol. The fraction of sp³-hybridized carbons (Fsp3) is 0.333. The van der Waals surface area contributed by atoms with E-state index in [4.69, 9.17) is 5.73 Å². The Morgan fingerprint density at radius 1 is 1.40 bits per heavy atom. The van der Waals surface area contributed by atoms with E-state index in [9.17, 15) is 0 Å². The minimum Gasteiger partial charge on any atom is -0.382 e. The zero-order chi connectivity index (χ0) is 10.7. The van der Waals surface area contributed by atoms with Gasteiger partial charge in [-0.2, -0.15) is 0 Å². The van der Waals surface area contributed by atoms with Crippen LogP contribution in [-0.2, 0) is 6.54 Å². The summed E-state index contributed by atoms with van der Waals surface area (Å²) < 4.78 is 1.69. The molecule has 0 fully saturated rings. The molecule has 0 amide bonds. The van der Waals surface area contributed by atoms with Crippen LogP contribution in [0.25, 0.3) is 11.2 Å². The first-order valence-electron chi connectivity index (χ1n) is 4.77. The maximum Gasteiger partial charge on any atom is 0.207 e. The zero-order valence-corrected chi connectivity index (χ0v) is 8.46. The van der Waals surface area contributed by atoms with Gasteiger partial charge >= 0.3 is 0 Å². The summed E-state index contributed by atoms with van der Waals surface area (Å²) in [6.45, 7) is 2.72. The van der Waals surface area contributed by atoms with Crippen LogP contribution in [0.2, 0.25) is 0 Å². The minimum atomic E-state index is 0.412. The van der Waals surface area contributed by atoms with Crippen LogP contribution >= 0.6 is 0 Å². The molecule has 0 saturated heterocycles. The standard InChI is InChI=1S/C9H12N6/c1-2-3-4-5-15-7-8(10)11-6-12-9(7)13-14-15/h3-4,6H,2,5H2,1H3,(H2,10,11,12)/b4-3+. The summed E-state index contributed by atoms with van der Waals surface area (Å²) in [5.74, 6) is 0.412. The van der Waals surface area contributed by atoms with Crippen LogP contribution in [0.15, 0.2) is 18.5 Å². The number of fused-ring (bicyclic) bond motifs is 1. The molecule has 6 nitrogen and oxygen atoms in total. The molecule has 78 valence electrons. The molecule has 6 heteroatoms. The van der Waals surface area contributed by atoms with Crippen LogP contribution < -0.4 is 5.73 Å². The van der Waals surface area contributed by atoms with Crippen molar-refractivity contribution in [2.24, 2.45) is 0 Å². The average molecular weight is 204 g/mol. The summed E-state index contributed by atoms with van der Waals surface area (Å²) >= 11 is 0. The second-order valence-corrected chi connectivity index (χ2v) is 3.08. The lowest BCUT2D eigenvalue weighted by Crippen LogP contribution is -2.01. The number of nitrogens with zero attached hydrogens (tertiary/aromatic N) is 5. The minimum absolute atomic E-state index is 0.412. The molecule has 0 aromatic carbocycles. The molecular weight excluding hydrogens is 192 g/mol. The molecule has 2 aromatic rings. The molecule has 2 N–H and O–H groups in total. The first-order valence-corrected chi connectivity index (χ1v) is 4.77. The Hall–Kier alpha value is -1.98. The Bertz CT molecular complexity index is 486. The summed E-state index contributed by atoms with van der Waals surface area (Å²) in [4.78, 5) is 7.89. The smallest absolute Gasteiger partial charge is 0.207 e. The van der Waals surface area contributed by atoms with Crippen LogP contribution in [-0.4, -0.2) is 25.0 Å². The fourth-order valence-electron chi connectivity index (χ4n) is 1.31. The van der Waals surface area contributed by atoms with E-state index in [0.717, 1.165) is 6.42 Å². The van der Waals surface area contributed by atoms with Gasteiger partial charge in [0.25, 0.3) is 0 Å². The summed E-state index contributed by atoms with van der Waals surface area (Å²) in [5, 5.41) is 7.87. The molecule has 2 rings (SSSR count). The molecule has 2 heterocycles. The van der Waals surface area contributed by atoms with Gasteiger partial charge in [0.15, 0.2) is 11.3 Å². The third-order valence-electron chi connectivity index (χ3n) is 2.02. The van der Waals surface area contributed by atoms with Crippen LogP contribution in [0.5, 0.6) is 0 Å². The van der Waals surface area contributed by atoms with Gasteiger partial charge in [-0.1, -0.05) is 24.3 Å². The third-order valence-corrected chi connectivity index (χ3v) is 2.02. The number of aromatic nitrogens is 5. The second kappa shape index (κ2) is 4.04. The largest absolute Gasteiger partial charge is 0.382 e. The van der Waals surface area contributed by atoms with Crippen LogP contribution in [0, 0.1) is 0 Å². The Morgan fingerprint density at radius 3 is 3.07 bits per heavy atom. The number of allylic oxidation sites excluding steroid dienone is 2. The van der Waals surface area contributed by atoms with Gasteiger partial charge in [0.2, 0.25) is 5.65 Å². The highest BCUT2D eigenvalue weighted by Crippen LogP contribution is 2.12. The van der Waals surface area contributed by atoms with E-state index in [0.29, 0.717) is 23.5 Å². The molecule has 0 aliphatic carbocycles. The van der Waals surface area contributed by atoms with Crippen molar-refractivity contribution in [3.8, 4) is 0 Å². The number of hydrogen-bond acceptors (Lipinski definition) is 5. The molecule has 0 spiro atoms. The molecule has 2 aromatic heterocycles. The van der Waals surface area contributed by atoms with Gasteiger partial charge in [0.05, 0.1) is 6.54 Å². The molecule has 0 aliphatic heterocycles. The number of anilines is 1. The predicted octanol–water partition coefficient (Wildman–Crippen LogP) is 0.770. The zero-order valence-electron chi connectivity index (χ0n) is 8.46. The molecule has 0 aliphatic rings. The van der Waals surface area contributed by atoms with Gasteiger partial charge in [0.1, 0.15) is 6.33 Å². The topological polar surface area (TPSA) is 82.5 Å². The molecule has 0 unspecified atom stereocenters. The van der Waals surface area contributed by atoms with Gasteiger partial charge in [-0.05, 0) is 6.42 Å². The summed E-state index contributed by atoms with van der Waals surface area (Å²) in [5.41, 5.74) is 6.96. The fourth-order valence-corrected chi connectivity index (χ4v) is 1.31. The molecule has 0 saturated carbocycles. The van der Waals surface area contributed by atoms with Crippen molar-refractivity contribution in [2.45, 2.75) is 19.9 Å². The lowest BCUT2D eigenvalue weighted by atomic mass is 10.4.